The predicted molar refractivity (Wildman–Crippen MR) is 230 cm³/mol. The van der Waals surface area contributed by atoms with Crippen LogP contribution < -0.4 is 15.7 Å². The number of hydrogen-bond donors (Lipinski definition) is 3. The van der Waals surface area contributed by atoms with E-state index in [4.69, 9.17) is 84.6 Å². The van der Waals surface area contributed by atoms with Crippen LogP contribution in [0.1, 0.15) is 24.1 Å². The van der Waals surface area contributed by atoms with Crippen LogP contribution in [-0.4, -0.2) is 84.6 Å². The van der Waals surface area contributed by atoms with E-state index in [1.165, 1.54) is 37.5 Å². The molecule has 1 fully saturated rings. The molecule has 7 aromatic heterocycles. The van der Waals surface area contributed by atoms with Crippen LogP contribution in [-0.2, 0) is 13.0 Å². The number of nitrogens with zero attached hydrogens (tertiary/aromatic N) is 12. The monoisotopic (exact) mass is 909 g/mol. The highest BCUT2D eigenvalue weighted by atomic mass is 35.5. The highest BCUT2D eigenvalue weighted by molar-refractivity contribution is 6.63. The topological polar surface area (TPSA) is 198 Å². The third-order valence-corrected chi connectivity index (χ3v) is 9.70. The van der Waals surface area contributed by atoms with Gasteiger partial charge >= 0.3 is 7.12 Å². The molecule has 15 nitrogen and oxygen atoms in total. The zero-order valence-electron chi connectivity index (χ0n) is 30.5. The minimum Gasteiger partial charge on any atom is -0.423 e. The van der Waals surface area contributed by atoms with Crippen molar-refractivity contribution in [1.82, 2.24) is 54.8 Å². The van der Waals surface area contributed by atoms with E-state index >= 15 is 0 Å². The van der Waals surface area contributed by atoms with Gasteiger partial charge in [-0.2, -0.15) is 0 Å². The minimum atomic E-state index is -1.61. The molecule has 0 saturated heterocycles. The fourth-order valence-electron chi connectivity index (χ4n) is 5.18. The van der Waals surface area contributed by atoms with Gasteiger partial charge in [0.1, 0.15) is 21.3 Å². The number of fused-ring (bicyclic) bond motifs is 1. The maximum absolute atomic E-state index is 8.71. The molecule has 7 aromatic rings. The molecule has 1 aliphatic heterocycles. The Bertz CT molecular complexity index is 2450. The number of anilines is 2. The number of pyridine rings is 3. The van der Waals surface area contributed by atoms with Gasteiger partial charge in [-0.3, -0.25) is 24.9 Å². The normalized spacial score (nSPS) is 12.6. The molecule has 0 radical (unpaired) electrons. The van der Waals surface area contributed by atoms with Crippen molar-refractivity contribution in [1.29, 1.82) is 0 Å². The van der Waals surface area contributed by atoms with E-state index in [1.807, 2.05) is 12.3 Å². The number of aromatic nitrogens is 11. The lowest BCUT2D eigenvalue weighted by Gasteiger charge is -2.29. The van der Waals surface area contributed by atoms with E-state index in [-0.39, 0.29) is 15.6 Å². The van der Waals surface area contributed by atoms with Gasteiger partial charge in [-0.25, -0.2) is 29.9 Å². The van der Waals surface area contributed by atoms with Crippen LogP contribution in [0.25, 0.3) is 22.5 Å². The number of nitrogens with one attached hydrogen (secondary N) is 1. The summed E-state index contributed by atoms with van der Waals surface area (Å²) in [6.45, 7) is 1.58. The summed E-state index contributed by atoms with van der Waals surface area (Å²) >= 11 is 34.4. The fraction of sp³-hybridized carbons (Fsp3) is 0.162. The zero-order valence-corrected chi connectivity index (χ0v) is 35.0. The van der Waals surface area contributed by atoms with E-state index < -0.39 is 7.12 Å². The van der Waals surface area contributed by atoms with Crippen LogP contribution in [0.3, 0.4) is 0 Å². The van der Waals surface area contributed by atoms with Gasteiger partial charge in [-0.1, -0.05) is 69.6 Å². The summed E-state index contributed by atoms with van der Waals surface area (Å²) in [5.74, 6) is 1.62. The van der Waals surface area contributed by atoms with Crippen molar-refractivity contribution in [2.75, 3.05) is 16.8 Å². The number of hydrogen-bond acceptors (Lipinski definition) is 15. The van der Waals surface area contributed by atoms with E-state index in [9.17, 15) is 0 Å². The molecule has 8 heterocycles. The molecule has 0 bridgehead atoms. The molecular formula is C37H30BCl6N13O2. The summed E-state index contributed by atoms with van der Waals surface area (Å²) in [5.41, 5.74) is 5.41. The van der Waals surface area contributed by atoms with Crippen molar-refractivity contribution in [3.8, 4) is 22.5 Å². The molecule has 0 aromatic carbocycles. The van der Waals surface area contributed by atoms with Crippen LogP contribution in [0.15, 0.2) is 98.8 Å². The van der Waals surface area contributed by atoms with Crippen molar-refractivity contribution in [3.05, 3.63) is 141 Å². The smallest absolute Gasteiger partial charge is 0.423 e. The second-order valence-corrected chi connectivity index (χ2v) is 14.8. The van der Waals surface area contributed by atoms with Gasteiger partial charge in [0.15, 0.2) is 0 Å². The molecule has 2 aliphatic rings. The molecule has 1 saturated carbocycles. The van der Waals surface area contributed by atoms with E-state index in [1.54, 1.807) is 61.8 Å². The molecule has 22 heteroatoms. The summed E-state index contributed by atoms with van der Waals surface area (Å²) in [4.78, 5) is 47.3. The Kier molecular flexibility index (Phi) is 15.8. The van der Waals surface area contributed by atoms with E-state index in [0.29, 0.717) is 32.1 Å². The van der Waals surface area contributed by atoms with Crippen LogP contribution in [0.5, 0.6) is 0 Å². The Labute approximate surface area is 368 Å². The summed E-state index contributed by atoms with van der Waals surface area (Å²) in [7, 11) is -1.61. The van der Waals surface area contributed by atoms with Crippen LogP contribution >= 0.6 is 69.6 Å². The van der Waals surface area contributed by atoms with Gasteiger partial charge in [0, 0.05) is 110 Å². The van der Waals surface area contributed by atoms with Gasteiger partial charge < -0.3 is 20.3 Å². The minimum absolute atomic E-state index is 0.159. The number of halogens is 6. The first-order valence-corrected chi connectivity index (χ1v) is 19.7. The fourth-order valence-corrected chi connectivity index (χ4v) is 6.22. The molecule has 300 valence electrons. The molecule has 9 rings (SSSR count). The van der Waals surface area contributed by atoms with Crippen molar-refractivity contribution >= 4 is 94.0 Å². The standard InChI is InChI=1S/C19H18ClN7.C9H5Cl2N3.C5H4BCl2NO2.C4H3ClN2/c20-15-9-23-18(7-14(15)17-10-21-4-5-22-17)27-6-3-16-12(11-27)8-24-19(26-16)25-13-1-2-13;10-7-4-14-9(11)3-6(7)8-5-12-1-2-13-8;7-4-2-9-5(8)1-3(4)6(10)11;5-4-3-6-1-2-7-4/h4-5,7-10,13H,1-3,6,11H2,(H,24,25,26);1-5H;1-2,10-11H;1-3H. The maximum atomic E-state index is 8.71. The molecule has 0 unspecified atom stereocenters. The third kappa shape index (κ3) is 13.0. The second kappa shape index (κ2) is 21.4. The van der Waals surface area contributed by atoms with Gasteiger partial charge in [0.25, 0.3) is 0 Å². The predicted octanol–water partition coefficient (Wildman–Crippen LogP) is 7.16. The first-order valence-electron chi connectivity index (χ1n) is 17.5. The van der Waals surface area contributed by atoms with E-state index in [2.05, 4.69) is 60.1 Å². The average molecular weight is 912 g/mol. The van der Waals surface area contributed by atoms with Crippen molar-refractivity contribution < 1.29 is 10.0 Å². The van der Waals surface area contributed by atoms with Crippen molar-refractivity contribution in [2.45, 2.75) is 31.8 Å². The molecule has 59 heavy (non-hydrogen) atoms. The Balaban J connectivity index is 0.000000152. The van der Waals surface area contributed by atoms with Crippen molar-refractivity contribution in [2.24, 2.45) is 0 Å². The SMILES string of the molecule is Clc1cc(-c2cnccn2)c(Cl)cn1.Clc1cnc(N2CCc3nc(NC4CC4)ncc3C2)cc1-c1cnccn1.Clc1cnccn1.OB(O)c1cc(Cl)ncc1Cl. The Morgan fingerprint density at radius 2 is 1.19 bits per heavy atom. The zero-order chi connectivity index (χ0) is 41.7. The molecule has 1 aliphatic carbocycles. The first kappa shape index (κ1) is 43.7. The molecular weight excluding hydrogens is 882 g/mol. The summed E-state index contributed by atoms with van der Waals surface area (Å²) in [5, 5.41) is 23.0. The van der Waals surface area contributed by atoms with Gasteiger partial charge in [-0.05, 0) is 31.0 Å². The van der Waals surface area contributed by atoms with Gasteiger partial charge in [-0.15, -0.1) is 0 Å². The van der Waals surface area contributed by atoms with E-state index in [0.717, 1.165) is 59.4 Å². The molecule has 0 spiro atoms. The lowest BCUT2D eigenvalue weighted by Crippen LogP contribution is -2.32. The highest BCUT2D eigenvalue weighted by Gasteiger charge is 2.24. The first-order chi connectivity index (χ1) is 28.5. The third-order valence-electron chi connectivity index (χ3n) is 8.17. The molecule has 0 atom stereocenters. The van der Waals surface area contributed by atoms with Crippen LogP contribution in [0, 0.1) is 0 Å². The quantitative estimate of drug-likeness (QED) is 0.112. The molecule has 0 amide bonds. The summed E-state index contributed by atoms with van der Waals surface area (Å²) in [6.07, 6.45) is 24.1. The largest absolute Gasteiger partial charge is 0.490 e. The lowest BCUT2D eigenvalue weighted by atomic mass is 9.81. The van der Waals surface area contributed by atoms with Gasteiger partial charge in [0.2, 0.25) is 5.95 Å². The Morgan fingerprint density at radius 1 is 0.593 bits per heavy atom. The lowest BCUT2D eigenvalue weighted by molar-refractivity contribution is 0.426. The number of rotatable bonds is 6. The highest BCUT2D eigenvalue weighted by Crippen LogP contribution is 2.31. The average Bonchev–Trinajstić information content (AvgIpc) is 4.08. The van der Waals surface area contributed by atoms with Crippen molar-refractivity contribution in [3.63, 3.8) is 0 Å². The molecule has 3 N–H and O–H groups in total. The maximum Gasteiger partial charge on any atom is 0.490 e. The van der Waals surface area contributed by atoms with Gasteiger partial charge in [0.05, 0.1) is 50.7 Å². The summed E-state index contributed by atoms with van der Waals surface area (Å²) in [6, 6.07) is 5.49. The Hall–Kier alpha value is -4.91. The summed E-state index contributed by atoms with van der Waals surface area (Å²) < 4.78 is 0. The van der Waals surface area contributed by atoms with Crippen LogP contribution in [0.4, 0.5) is 11.8 Å². The van der Waals surface area contributed by atoms with Crippen LogP contribution in [0.2, 0.25) is 30.5 Å². The Morgan fingerprint density at radius 3 is 1.73 bits per heavy atom. The second-order valence-electron chi connectivity index (χ2n) is 12.4.